The standard InChI is InChI=1S/C12H12O3/c1-2-3-7-15-9-10-5-4-6-11(8-10)12(13)14/h1,4-6,8H,3,7,9H2,(H,13,14). The highest BCUT2D eigenvalue weighted by molar-refractivity contribution is 5.87. The van der Waals surface area contributed by atoms with Crippen molar-refractivity contribution in [3.05, 3.63) is 35.4 Å². The largest absolute Gasteiger partial charge is 0.478 e. The summed E-state index contributed by atoms with van der Waals surface area (Å²) < 4.78 is 5.26. The molecule has 1 N–H and O–H groups in total. The van der Waals surface area contributed by atoms with E-state index in [2.05, 4.69) is 5.92 Å². The first-order valence-corrected chi connectivity index (χ1v) is 4.57. The van der Waals surface area contributed by atoms with Gasteiger partial charge in [0.05, 0.1) is 18.8 Å². The fraction of sp³-hybridized carbons (Fsp3) is 0.250. The number of carbonyl (C=O) groups is 1. The van der Waals surface area contributed by atoms with Crippen molar-refractivity contribution in [2.45, 2.75) is 13.0 Å². The Labute approximate surface area is 88.7 Å². The Morgan fingerprint density at radius 1 is 1.53 bits per heavy atom. The molecule has 0 unspecified atom stereocenters. The van der Waals surface area contributed by atoms with Gasteiger partial charge in [-0.3, -0.25) is 0 Å². The van der Waals surface area contributed by atoms with Crippen LogP contribution >= 0.6 is 0 Å². The molecule has 0 radical (unpaired) electrons. The summed E-state index contributed by atoms with van der Waals surface area (Å²) in [5.74, 6) is 1.53. The van der Waals surface area contributed by atoms with E-state index in [1.165, 1.54) is 0 Å². The van der Waals surface area contributed by atoms with Gasteiger partial charge in [-0.15, -0.1) is 12.3 Å². The Balaban J connectivity index is 2.51. The minimum absolute atomic E-state index is 0.271. The van der Waals surface area contributed by atoms with Crippen LogP contribution in [0.15, 0.2) is 24.3 Å². The molecule has 0 spiro atoms. The Bertz CT molecular complexity index is 377. The van der Waals surface area contributed by atoms with Crippen LogP contribution in [0.4, 0.5) is 0 Å². The van der Waals surface area contributed by atoms with Crippen LogP contribution in [0.3, 0.4) is 0 Å². The lowest BCUT2D eigenvalue weighted by atomic mass is 10.1. The molecule has 78 valence electrons. The maximum atomic E-state index is 10.7. The zero-order chi connectivity index (χ0) is 11.1. The van der Waals surface area contributed by atoms with Crippen molar-refractivity contribution in [3.8, 4) is 12.3 Å². The van der Waals surface area contributed by atoms with Crippen LogP contribution in [0.2, 0.25) is 0 Å². The van der Waals surface area contributed by atoms with Crippen LogP contribution in [-0.4, -0.2) is 17.7 Å². The molecular formula is C12H12O3. The number of hydrogen-bond acceptors (Lipinski definition) is 2. The summed E-state index contributed by atoms with van der Waals surface area (Å²) in [5.41, 5.74) is 1.11. The Morgan fingerprint density at radius 2 is 2.33 bits per heavy atom. The number of benzene rings is 1. The van der Waals surface area contributed by atoms with E-state index in [0.717, 1.165) is 5.56 Å². The molecular weight excluding hydrogens is 192 g/mol. The summed E-state index contributed by atoms with van der Waals surface area (Å²) in [6.45, 7) is 0.886. The molecule has 1 aromatic carbocycles. The van der Waals surface area contributed by atoms with Crippen LogP contribution in [0.1, 0.15) is 22.3 Å². The van der Waals surface area contributed by atoms with E-state index in [1.807, 2.05) is 6.07 Å². The van der Waals surface area contributed by atoms with Gasteiger partial charge in [0.2, 0.25) is 0 Å². The molecule has 0 saturated heterocycles. The highest BCUT2D eigenvalue weighted by Crippen LogP contribution is 2.06. The molecule has 15 heavy (non-hydrogen) atoms. The van der Waals surface area contributed by atoms with Crippen LogP contribution < -0.4 is 0 Å². The van der Waals surface area contributed by atoms with Gasteiger partial charge in [0.1, 0.15) is 0 Å². The van der Waals surface area contributed by atoms with Gasteiger partial charge < -0.3 is 9.84 Å². The molecule has 1 aromatic rings. The van der Waals surface area contributed by atoms with E-state index < -0.39 is 5.97 Å². The molecule has 3 nitrogen and oxygen atoms in total. The first-order chi connectivity index (χ1) is 7.24. The molecule has 0 amide bonds. The highest BCUT2D eigenvalue weighted by Gasteiger charge is 2.02. The minimum Gasteiger partial charge on any atom is -0.478 e. The van der Waals surface area contributed by atoms with E-state index in [9.17, 15) is 4.79 Å². The van der Waals surface area contributed by atoms with Gasteiger partial charge in [-0.1, -0.05) is 12.1 Å². The van der Waals surface area contributed by atoms with Crippen molar-refractivity contribution in [3.63, 3.8) is 0 Å². The minimum atomic E-state index is -0.930. The third-order valence-electron chi connectivity index (χ3n) is 1.83. The Kier molecular flexibility index (Phi) is 4.39. The molecule has 3 heteroatoms. The molecule has 0 aliphatic carbocycles. The van der Waals surface area contributed by atoms with E-state index in [0.29, 0.717) is 19.6 Å². The topological polar surface area (TPSA) is 46.5 Å². The molecule has 1 rings (SSSR count). The summed E-state index contributed by atoms with van der Waals surface area (Å²) >= 11 is 0. The molecule has 0 aliphatic rings. The van der Waals surface area contributed by atoms with E-state index in [1.54, 1.807) is 18.2 Å². The van der Waals surface area contributed by atoms with Gasteiger partial charge >= 0.3 is 5.97 Å². The van der Waals surface area contributed by atoms with Gasteiger partial charge in [-0.25, -0.2) is 4.79 Å². The number of hydrogen-bond donors (Lipinski definition) is 1. The lowest BCUT2D eigenvalue weighted by Crippen LogP contribution is -1.99. The molecule has 0 bridgehead atoms. The summed E-state index contributed by atoms with van der Waals surface area (Å²) in [7, 11) is 0. The van der Waals surface area contributed by atoms with Crippen molar-refractivity contribution in [2.75, 3.05) is 6.61 Å². The number of aromatic carboxylic acids is 1. The number of carboxylic acids is 1. The average Bonchev–Trinajstić information content (AvgIpc) is 2.25. The summed E-state index contributed by atoms with van der Waals surface area (Å²) in [6.07, 6.45) is 5.63. The van der Waals surface area contributed by atoms with Crippen LogP contribution in [0, 0.1) is 12.3 Å². The lowest BCUT2D eigenvalue weighted by Gasteiger charge is -2.03. The number of carboxylic acid groups (broad SMARTS) is 1. The molecule has 0 atom stereocenters. The van der Waals surface area contributed by atoms with Crippen LogP contribution in [0.25, 0.3) is 0 Å². The molecule has 0 fully saturated rings. The van der Waals surface area contributed by atoms with Gasteiger partial charge in [0, 0.05) is 6.42 Å². The first kappa shape index (κ1) is 11.3. The second kappa shape index (κ2) is 5.84. The zero-order valence-corrected chi connectivity index (χ0v) is 8.27. The second-order valence-corrected chi connectivity index (χ2v) is 3.01. The van der Waals surface area contributed by atoms with Crippen molar-refractivity contribution in [2.24, 2.45) is 0 Å². The number of terminal acetylenes is 1. The number of rotatable bonds is 5. The predicted molar refractivity (Wildman–Crippen MR) is 56.5 cm³/mol. The normalized spacial score (nSPS) is 9.53. The first-order valence-electron chi connectivity index (χ1n) is 4.57. The molecule has 0 aliphatic heterocycles. The fourth-order valence-electron chi connectivity index (χ4n) is 1.12. The highest BCUT2D eigenvalue weighted by atomic mass is 16.5. The fourth-order valence-corrected chi connectivity index (χ4v) is 1.12. The third kappa shape index (κ3) is 3.84. The van der Waals surface area contributed by atoms with E-state index in [4.69, 9.17) is 16.3 Å². The predicted octanol–water partition coefficient (Wildman–Crippen LogP) is 1.92. The van der Waals surface area contributed by atoms with E-state index in [-0.39, 0.29) is 5.56 Å². The molecule has 0 heterocycles. The van der Waals surface area contributed by atoms with Crippen LogP contribution in [0.5, 0.6) is 0 Å². The van der Waals surface area contributed by atoms with Crippen molar-refractivity contribution >= 4 is 5.97 Å². The Morgan fingerprint density at radius 3 is 3.00 bits per heavy atom. The van der Waals surface area contributed by atoms with Gasteiger partial charge in [-0.05, 0) is 17.7 Å². The maximum Gasteiger partial charge on any atom is 0.335 e. The zero-order valence-electron chi connectivity index (χ0n) is 8.27. The Hall–Kier alpha value is -1.79. The van der Waals surface area contributed by atoms with Crippen LogP contribution in [-0.2, 0) is 11.3 Å². The molecule has 0 saturated carbocycles. The SMILES string of the molecule is C#CCCOCc1cccc(C(=O)O)c1. The van der Waals surface area contributed by atoms with Gasteiger partial charge in [0.25, 0.3) is 0 Å². The maximum absolute atomic E-state index is 10.7. The molecule has 0 aromatic heterocycles. The van der Waals surface area contributed by atoms with Crippen molar-refractivity contribution < 1.29 is 14.6 Å². The van der Waals surface area contributed by atoms with Crippen molar-refractivity contribution in [1.82, 2.24) is 0 Å². The summed E-state index contributed by atoms with van der Waals surface area (Å²) in [5, 5.41) is 8.75. The summed E-state index contributed by atoms with van der Waals surface area (Å²) in [6, 6.07) is 6.66. The van der Waals surface area contributed by atoms with Crippen molar-refractivity contribution in [1.29, 1.82) is 0 Å². The quantitative estimate of drug-likeness (QED) is 0.588. The van der Waals surface area contributed by atoms with Gasteiger partial charge in [-0.2, -0.15) is 0 Å². The third-order valence-corrected chi connectivity index (χ3v) is 1.83. The van der Waals surface area contributed by atoms with Gasteiger partial charge in [0.15, 0.2) is 0 Å². The monoisotopic (exact) mass is 204 g/mol. The second-order valence-electron chi connectivity index (χ2n) is 3.01. The smallest absolute Gasteiger partial charge is 0.335 e. The summed E-state index contributed by atoms with van der Waals surface area (Å²) in [4.78, 5) is 10.7. The number of ether oxygens (including phenoxy) is 1. The average molecular weight is 204 g/mol. The van der Waals surface area contributed by atoms with E-state index >= 15 is 0 Å². The lowest BCUT2D eigenvalue weighted by molar-refractivity contribution is 0.0696.